The lowest BCUT2D eigenvalue weighted by Crippen LogP contribution is -1.98. The first-order valence-corrected chi connectivity index (χ1v) is 7.29. The van der Waals surface area contributed by atoms with Crippen LogP contribution in [0.3, 0.4) is 0 Å². The molecule has 0 atom stereocenters. The highest BCUT2D eigenvalue weighted by atomic mass is 32.2. The van der Waals surface area contributed by atoms with Crippen LogP contribution < -0.4 is 5.32 Å². The van der Waals surface area contributed by atoms with Crippen molar-refractivity contribution in [2.75, 3.05) is 11.9 Å². The zero-order chi connectivity index (χ0) is 14.4. The Bertz CT molecular complexity index is 581. The summed E-state index contributed by atoms with van der Waals surface area (Å²) in [6, 6.07) is 12.6. The first-order chi connectivity index (χ1) is 9.70. The molecule has 0 unspecified atom stereocenters. The van der Waals surface area contributed by atoms with E-state index in [1.54, 1.807) is 18.9 Å². The average molecular weight is 290 g/mol. The van der Waals surface area contributed by atoms with Crippen molar-refractivity contribution in [1.82, 2.24) is 3.97 Å². The second kappa shape index (κ2) is 7.05. The summed E-state index contributed by atoms with van der Waals surface area (Å²) in [5.74, 6) is -0.211. The molecule has 1 aromatic carbocycles. The second-order valence-electron chi connectivity index (χ2n) is 4.19. The molecule has 0 spiro atoms. The number of hydrogen-bond acceptors (Lipinski definition) is 4. The maximum absolute atomic E-state index is 9.82. The van der Waals surface area contributed by atoms with Gasteiger partial charge < -0.3 is 10.1 Å². The van der Waals surface area contributed by atoms with E-state index in [2.05, 4.69) is 56.6 Å². The SMILES string of the molecule is CCOC(C)=O.c1ccc2c(c1)NCc1cccn1S2. The van der Waals surface area contributed by atoms with Gasteiger partial charge in [-0.05, 0) is 43.1 Å². The molecule has 0 amide bonds. The van der Waals surface area contributed by atoms with E-state index in [1.807, 2.05) is 0 Å². The van der Waals surface area contributed by atoms with Gasteiger partial charge >= 0.3 is 5.97 Å². The fraction of sp³-hybridized carbons (Fsp3) is 0.267. The highest BCUT2D eigenvalue weighted by Gasteiger charge is 2.10. The third-order valence-electron chi connectivity index (χ3n) is 2.68. The standard InChI is InChI=1S/C11H10N2S.C4H8O2/c1-2-6-11-10(5-1)12-8-9-4-3-7-13(9)14-11;1-3-6-4(2)5/h1-7,12H,8H2;3H2,1-2H3. The molecule has 0 fully saturated rings. The van der Waals surface area contributed by atoms with Gasteiger partial charge in [-0.25, -0.2) is 0 Å². The number of nitrogens with one attached hydrogen (secondary N) is 1. The minimum Gasteiger partial charge on any atom is -0.466 e. The molecule has 0 saturated carbocycles. The smallest absolute Gasteiger partial charge is 0.302 e. The molecular formula is C15H18N2O2S. The lowest BCUT2D eigenvalue weighted by atomic mass is 10.3. The van der Waals surface area contributed by atoms with E-state index in [4.69, 9.17) is 0 Å². The summed E-state index contributed by atoms with van der Waals surface area (Å²) in [4.78, 5) is 11.1. The summed E-state index contributed by atoms with van der Waals surface area (Å²) in [6.45, 7) is 4.55. The van der Waals surface area contributed by atoms with E-state index in [9.17, 15) is 4.79 Å². The predicted octanol–water partition coefficient (Wildman–Crippen LogP) is 3.54. The summed E-state index contributed by atoms with van der Waals surface area (Å²) in [6.07, 6.45) is 2.10. The third kappa shape index (κ3) is 3.81. The zero-order valence-electron chi connectivity index (χ0n) is 11.6. The molecule has 106 valence electrons. The highest BCUT2D eigenvalue weighted by molar-refractivity contribution is 7.98. The van der Waals surface area contributed by atoms with Gasteiger partial charge in [-0.2, -0.15) is 0 Å². The van der Waals surface area contributed by atoms with Crippen molar-refractivity contribution < 1.29 is 9.53 Å². The van der Waals surface area contributed by atoms with Crippen LogP contribution in [0.2, 0.25) is 0 Å². The van der Waals surface area contributed by atoms with Crippen LogP contribution in [0.25, 0.3) is 0 Å². The van der Waals surface area contributed by atoms with Gasteiger partial charge in [0.15, 0.2) is 0 Å². The van der Waals surface area contributed by atoms with Crippen LogP contribution in [-0.4, -0.2) is 16.5 Å². The van der Waals surface area contributed by atoms with Crippen LogP contribution >= 0.6 is 11.9 Å². The van der Waals surface area contributed by atoms with Gasteiger partial charge in [-0.3, -0.25) is 8.77 Å². The third-order valence-corrected chi connectivity index (χ3v) is 3.79. The number of ether oxygens (including phenoxy) is 1. The maximum atomic E-state index is 9.82. The number of rotatable bonds is 1. The fourth-order valence-corrected chi connectivity index (χ4v) is 2.78. The lowest BCUT2D eigenvalue weighted by Gasteiger charge is -2.04. The number of esters is 1. The Hall–Kier alpha value is -1.88. The molecule has 0 saturated heterocycles. The molecular weight excluding hydrogens is 272 g/mol. The molecule has 20 heavy (non-hydrogen) atoms. The van der Waals surface area contributed by atoms with Crippen molar-refractivity contribution in [3.05, 3.63) is 48.3 Å². The number of para-hydroxylation sites is 1. The van der Waals surface area contributed by atoms with Crippen LogP contribution in [-0.2, 0) is 16.1 Å². The molecule has 0 radical (unpaired) electrons. The summed E-state index contributed by atoms with van der Waals surface area (Å²) < 4.78 is 6.61. The van der Waals surface area contributed by atoms with E-state index in [0.717, 1.165) is 6.54 Å². The molecule has 0 aliphatic carbocycles. The Morgan fingerprint density at radius 3 is 2.85 bits per heavy atom. The summed E-state index contributed by atoms with van der Waals surface area (Å²) in [7, 11) is 0. The van der Waals surface area contributed by atoms with Gasteiger partial charge in [-0.15, -0.1) is 0 Å². The molecule has 2 heterocycles. The number of aromatic nitrogens is 1. The average Bonchev–Trinajstić information content (AvgIpc) is 2.78. The highest BCUT2D eigenvalue weighted by Crippen LogP contribution is 2.32. The van der Waals surface area contributed by atoms with E-state index < -0.39 is 0 Å². The minimum atomic E-state index is -0.211. The van der Waals surface area contributed by atoms with Crippen LogP contribution in [0.4, 0.5) is 5.69 Å². The molecule has 1 aromatic heterocycles. The van der Waals surface area contributed by atoms with Crippen molar-refractivity contribution in [3.8, 4) is 0 Å². The van der Waals surface area contributed by atoms with Gasteiger partial charge in [0, 0.05) is 24.5 Å². The van der Waals surface area contributed by atoms with Crippen molar-refractivity contribution in [3.63, 3.8) is 0 Å². The zero-order valence-corrected chi connectivity index (χ0v) is 12.4. The molecule has 1 aliphatic heterocycles. The van der Waals surface area contributed by atoms with Gasteiger partial charge in [0.25, 0.3) is 0 Å². The Labute approximate surface area is 123 Å². The predicted molar refractivity (Wildman–Crippen MR) is 81.8 cm³/mol. The van der Waals surface area contributed by atoms with Crippen LogP contribution in [0.1, 0.15) is 19.5 Å². The van der Waals surface area contributed by atoms with Crippen LogP contribution in [0.5, 0.6) is 0 Å². The Morgan fingerprint density at radius 2 is 2.15 bits per heavy atom. The topological polar surface area (TPSA) is 43.3 Å². The number of carbonyl (C=O) groups is 1. The molecule has 0 bridgehead atoms. The first kappa shape index (κ1) is 14.5. The minimum absolute atomic E-state index is 0.211. The van der Waals surface area contributed by atoms with Gasteiger partial charge in [-0.1, -0.05) is 12.1 Å². The second-order valence-corrected chi connectivity index (χ2v) is 5.21. The van der Waals surface area contributed by atoms with Crippen molar-refractivity contribution >= 4 is 23.6 Å². The first-order valence-electron chi connectivity index (χ1n) is 6.51. The lowest BCUT2D eigenvalue weighted by molar-refractivity contribution is -0.140. The fourth-order valence-electron chi connectivity index (χ4n) is 1.81. The number of fused-ring (bicyclic) bond motifs is 2. The monoisotopic (exact) mass is 290 g/mol. The Morgan fingerprint density at radius 1 is 1.35 bits per heavy atom. The molecule has 5 heteroatoms. The number of benzene rings is 1. The number of hydrogen-bond donors (Lipinski definition) is 1. The number of nitrogens with zero attached hydrogens (tertiary/aromatic N) is 1. The quantitative estimate of drug-likeness (QED) is 0.816. The summed E-state index contributed by atoms with van der Waals surface area (Å²) in [5, 5.41) is 3.43. The van der Waals surface area contributed by atoms with Crippen molar-refractivity contribution in [2.24, 2.45) is 0 Å². The normalized spacial score (nSPS) is 11.9. The van der Waals surface area contributed by atoms with Gasteiger partial charge in [0.1, 0.15) is 0 Å². The van der Waals surface area contributed by atoms with Crippen molar-refractivity contribution in [2.45, 2.75) is 25.3 Å². The Kier molecular flexibility index (Phi) is 5.12. The molecule has 4 nitrogen and oxygen atoms in total. The molecule has 3 rings (SSSR count). The molecule has 2 aromatic rings. The van der Waals surface area contributed by atoms with Crippen molar-refractivity contribution in [1.29, 1.82) is 0 Å². The van der Waals surface area contributed by atoms with Gasteiger partial charge in [0.05, 0.1) is 18.0 Å². The summed E-state index contributed by atoms with van der Waals surface area (Å²) in [5.41, 5.74) is 2.53. The largest absolute Gasteiger partial charge is 0.466 e. The Balaban J connectivity index is 0.000000212. The van der Waals surface area contributed by atoms with Crippen LogP contribution in [0, 0.1) is 0 Å². The van der Waals surface area contributed by atoms with Gasteiger partial charge in [0.2, 0.25) is 0 Å². The molecule has 1 aliphatic rings. The van der Waals surface area contributed by atoms with E-state index in [-0.39, 0.29) is 5.97 Å². The molecule has 1 N–H and O–H groups in total. The maximum Gasteiger partial charge on any atom is 0.302 e. The number of anilines is 1. The van der Waals surface area contributed by atoms with E-state index >= 15 is 0 Å². The van der Waals surface area contributed by atoms with Crippen LogP contribution in [0.15, 0.2) is 47.5 Å². The summed E-state index contributed by atoms with van der Waals surface area (Å²) >= 11 is 1.76. The number of carbonyl (C=O) groups excluding carboxylic acids is 1. The van der Waals surface area contributed by atoms with E-state index in [1.165, 1.54) is 23.2 Å². The van der Waals surface area contributed by atoms with E-state index in [0.29, 0.717) is 6.61 Å².